The number of hydrogen-bond donors (Lipinski definition) is 2. The highest BCUT2D eigenvalue weighted by Gasteiger charge is 2.69. The lowest BCUT2D eigenvalue weighted by Crippen LogP contribution is -2.64. The van der Waals surface area contributed by atoms with Crippen LogP contribution >= 0.6 is 0 Å². The third kappa shape index (κ3) is 6.37. The summed E-state index contributed by atoms with van der Waals surface area (Å²) in [5.74, 6) is 3.61. The Kier molecular flexibility index (Phi) is 10.4. The van der Waals surface area contributed by atoms with Gasteiger partial charge in [0.1, 0.15) is 6.67 Å². The van der Waals surface area contributed by atoms with Crippen molar-refractivity contribution in [1.82, 2.24) is 10.2 Å². The maximum absolute atomic E-state index is 14.0. The number of aliphatic carboxylic acids is 1. The molecular weight excluding hydrogens is 684 g/mol. The van der Waals surface area contributed by atoms with E-state index in [0.29, 0.717) is 66.7 Å². The van der Waals surface area contributed by atoms with E-state index in [9.17, 15) is 22.7 Å². The Balaban J connectivity index is 1.08. The van der Waals surface area contributed by atoms with Gasteiger partial charge in [-0.15, -0.1) is 0 Å². The van der Waals surface area contributed by atoms with Gasteiger partial charge in [0.05, 0.1) is 16.9 Å². The molecule has 6 aliphatic carbocycles. The van der Waals surface area contributed by atoms with Gasteiger partial charge in [-0.25, -0.2) is 12.8 Å². The van der Waals surface area contributed by atoms with E-state index in [4.69, 9.17) is 0 Å². The Morgan fingerprint density at radius 3 is 2.42 bits per heavy atom. The molecule has 1 aliphatic heterocycles. The molecule has 0 aromatic heterocycles. The fraction of sp³-hybridized carbons (Fsp3) is 0.844. The van der Waals surface area contributed by atoms with E-state index >= 15 is 0 Å². The SMILES string of the molecule is C=C(C)[C@@H]1C[C@@H](NCCN2CCS(=O)(=O)CC(C)C2)C2CC[C@]3(C)[C@H](CC[C@@H]4[C@@]5(C)CC=C(C6=CC[C@](CF)(C(=O)O)CC6)C(C)(C)[C@@H]5CC[C@]43C)[C@H]21. The van der Waals surface area contributed by atoms with Crippen molar-refractivity contribution < 1.29 is 22.7 Å². The van der Waals surface area contributed by atoms with Crippen LogP contribution in [0.15, 0.2) is 35.5 Å². The minimum absolute atomic E-state index is 0.0104. The van der Waals surface area contributed by atoms with Gasteiger partial charge in [-0.1, -0.05) is 65.8 Å². The van der Waals surface area contributed by atoms with Crippen LogP contribution in [-0.4, -0.2) is 74.8 Å². The number of hydrogen-bond acceptors (Lipinski definition) is 5. The summed E-state index contributed by atoms with van der Waals surface area (Å²) in [6, 6.07) is 0.500. The monoisotopic (exact) mass is 755 g/mol. The van der Waals surface area contributed by atoms with Crippen molar-refractivity contribution in [3.8, 4) is 0 Å². The smallest absolute Gasteiger partial charge is 0.312 e. The first-order chi connectivity index (χ1) is 24.8. The van der Waals surface area contributed by atoms with Gasteiger partial charge in [-0.3, -0.25) is 4.79 Å². The third-order valence-corrected chi connectivity index (χ3v) is 19.8. The minimum atomic E-state index is -2.94. The quantitative estimate of drug-likeness (QED) is 0.241. The third-order valence-electron chi connectivity index (χ3n) is 17.9. The van der Waals surface area contributed by atoms with Gasteiger partial charge < -0.3 is 15.3 Å². The number of rotatable bonds is 8. The molecule has 1 saturated heterocycles. The van der Waals surface area contributed by atoms with E-state index in [1.807, 2.05) is 0 Å². The van der Waals surface area contributed by atoms with Crippen molar-refractivity contribution in [3.05, 3.63) is 35.5 Å². The number of carboxylic acid groups (broad SMARTS) is 1. The summed E-state index contributed by atoms with van der Waals surface area (Å²) in [6.45, 7) is 24.5. The average Bonchev–Trinajstić information content (AvgIpc) is 3.39. The molecule has 0 aromatic rings. The number of fused-ring (bicyclic) bond motifs is 7. The van der Waals surface area contributed by atoms with Gasteiger partial charge >= 0.3 is 5.97 Å². The summed E-state index contributed by atoms with van der Waals surface area (Å²) in [4.78, 5) is 14.4. The van der Waals surface area contributed by atoms with Crippen LogP contribution < -0.4 is 5.32 Å². The number of sulfone groups is 1. The number of allylic oxidation sites excluding steroid dienone is 5. The second kappa shape index (κ2) is 13.9. The van der Waals surface area contributed by atoms with Gasteiger partial charge in [0.2, 0.25) is 0 Å². The lowest BCUT2D eigenvalue weighted by Gasteiger charge is -2.71. The van der Waals surface area contributed by atoms with E-state index < -0.39 is 27.9 Å². The van der Waals surface area contributed by atoms with Gasteiger partial charge in [-0.2, -0.15) is 0 Å². The summed E-state index contributed by atoms with van der Waals surface area (Å²) in [6.07, 6.45) is 15.9. The van der Waals surface area contributed by atoms with Crippen LogP contribution in [0.5, 0.6) is 0 Å². The van der Waals surface area contributed by atoms with Gasteiger partial charge in [-0.05, 0) is 152 Å². The molecule has 0 amide bonds. The highest BCUT2D eigenvalue weighted by molar-refractivity contribution is 7.91. The first-order valence-electron chi connectivity index (χ1n) is 21.3. The van der Waals surface area contributed by atoms with Crippen LogP contribution in [0.1, 0.15) is 119 Å². The summed E-state index contributed by atoms with van der Waals surface area (Å²) in [5.41, 5.74) is 3.54. The fourth-order valence-corrected chi connectivity index (χ4v) is 16.8. The zero-order valence-corrected chi connectivity index (χ0v) is 34.9. The maximum Gasteiger partial charge on any atom is 0.312 e. The number of alkyl halides is 1. The molecule has 2 N–H and O–H groups in total. The predicted molar refractivity (Wildman–Crippen MR) is 213 cm³/mol. The highest BCUT2D eigenvalue weighted by Crippen LogP contribution is 2.76. The molecule has 0 aromatic carbocycles. The molecule has 2 unspecified atom stereocenters. The molecule has 0 radical (unpaired) electrons. The number of halogens is 1. The number of carboxylic acids is 1. The standard InChI is InChI=1S/C45H71FN2O4S/c1-29(2)33-25-36(47-21-22-48-23-24-53(51,52)27-30(3)26-48)32-13-17-43(7)35(39(32)33)9-10-38-42(6)16-14-34(41(4,5)37(42)15-18-44(38,43)8)31-11-19-45(28-46,20-12-31)40(49)50/h11,14,30,32-33,35-39,47H,1,9-10,12-13,15-28H2,2-8H3,(H,49,50)/t30?,32?,33-,35+,36+,37-,38+,39+,42-,43+,44+,45-/m0/s1. The van der Waals surface area contributed by atoms with E-state index in [2.05, 4.69) is 77.4 Å². The highest BCUT2D eigenvalue weighted by atomic mass is 32.2. The van der Waals surface area contributed by atoms with Gasteiger partial charge in [0.15, 0.2) is 9.84 Å². The molecule has 53 heavy (non-hydrogen) atoms. The summed E-state index contributed by atoms with van der Waals surface area (Å²) in [7, 11) is -2.94. The summed E-state index contributed by atoms with van der Waals surface area (Å²) >= 11 is 0. The van der Waals surface area contributed by atoms with Crippen molar-refractivity contribution in [1.29, 1.82) is 0 Å². The summed E-state index contributed by atoms with van der Waals surface area (Å²) < 4.78 is 38.7. The number of nitrogens with one attached hydrogen (secondary N) is 1. The van der Waals surface area contributed by atoms with E-state index in [1.54, 1.807) is 0 Å². The Labute approximate surface area is 321 Å². The Hall–Kier alpha value is -1.51. The van der Waals surface area contributed by atoms with E-state index in [-0.39, 0.29) is 39.8 Å². The average molecular weight is 755 g/mol. The second-order valence-corrected chi connectivity index (χ2v) is 23.1. The molecule has 5 fully saturated rings. The first-order valence-corrected chi connectivity index (χ1v) is 23.1. The lowest BCUT2D eigenvalue weighted by molar-refractivity contribution is -0.217. The van der Waals surface area contributed by atoms with Crippen molar-refractivity contribution in [2.75, 3.05) is 44.4 Å². The Bertz CT molecular complexity index is 1640. The molecule has 6 nitrogen and oxygen atoms in total. The zero-order chi connectivity index (χ0) is 38.4. The maximum atomic E-state index is 14.0. The molecule has 12 atom stereocenters. The van der Waals surface area contributed by atoms with Crippen LogP contribution in [0.3, 0.4) is 0 Å². The topological polar surface area (TPSA) is 86.7 Å². The van der Waals surface area contributed by atoms with Crippen LogP contribution in [0.2, 0.25) is 0 Å². The molecule has 0 spiro atoms. The predicted octanol–water partition coefficient (Wildman–Crippen LogP) is 8.90. The van der Waals surface area contributed by atoms with Crippen LogP contribution in [0.4, 0.5) is 4.39 Å². The second-order valence-electron chi connectivity index (χ2n) is 20.9. The van der Waals surface area contributed by atoms with Gasteiger partial charge in [0, 0.05) is 32.2 Å². The molecule has 4 saturated carbocycles. The number of nitrogens with zero attached hydrogens (tertiary/aromatic N) is 1. The van der Waals surface area contributed by atoms with Gasteiger partial charge in [0.25, 0.3) is 0 Å². The zero-order valence-electron chi connectivity index (χ0n) is 34.1. The molecule has 8 heteroatoms. The van der Waals surface area contributed by atoms with Crippen molar-refractivity contribution in [2.45, 2.75) is 125 Å². The Morgan fingerprint density at radius 1 is 1.02 bits per heavy atom. The van der Waals surface area contributed by atoms with Crippen LogP contribution in [-0.2, 0) is 14.6 Å². The first kappa shape index (κ1) is 39.7. The molecule has 0 bridgehead atoms. The van der Waals surface area contributed by atoms with E-state index in [0.717, 1.165) is 26.1 Å². The molecule has 1 heterocycles. The molecule has 7 aliphatic rings. The fourth-order valence-electron chi connectivity index (χ4n) is 15.1. The molecule has 298 valence electrons. The normalized spacial score (nSPS) is 46.4. The van der Waals surface area contributed by atoms with Crippen LogP contribution in [0, 0.1) is 68.5 Å². The lowest BCUT2D eigenvalue weighted by atomic mass is 9.33. The van der Waals surface area contributed by atoms with Crippen LogP contribution in [0.25, 0.3) is 0 Å². The van der Waals surface area contributed by atoms with Crippen molar-refractivity contribution in [2.24, 2.45) is 68.5 Å². The largest absolute Gasteiger partial charge is 0.481 e. The molecular formula is C45H71FN2O4S. The Morgan fingerprint density at radius 2 is 1.75 bits per heavy atom. The number of carbonyl (C=O) groups is 1. The van der Waals surface area contributed by atoms with Crippen molar-refractivity contribution in [3.63, 3.8) is 0 Å². The molecule has 7 rings (SSSR count). The summed E-state index contributed by atoms with van der Waals surface area (Å²) in [5, 5.41) is 13.9. The van der Waals surface area contributed by atoms with Crippen molar-refractivity contribution >= 4 is 15.8 Å². The minimum Gasteiger partial charge on any atom is -0.481 e. The van der Waals surface area contributed by atoms with E-state index in [1.165, 1.54) is 61.7 Å².